The minimum atomic E-state index is -4.96. The number of amides is 6. The number of carbonyl (C=O) groups is 6. The van der Waals surface area contributed by atoms with Crippen molar-refractivity contribution in [3.8, 4) is 5.75 Å². The summed E-state index contributed by atoms with van der Waals surface area (Å²) in [5, 5.41) is 12.6. The molecule has 16 nitrogen and oxygen atoms in total. The number of fused-ring (bicyclic) bond motifs is 3. The number of cyclic esters (lactones) is 1. The van der Waals surface area contributed by atoms with Gasteiger partial charge in [0.2, 0.25) is 23.6 Å². The average Bonchev–Trinajstić information content (AvgIpc) is 3.82. The minimum Gasteiger partial charge on any atom is -0.461 e. The van der Waals surface area contributed by atoms with Crippen molar-refractivity contribution in [3.63, 3.8) is 0 Å². The first kappa shape index (κ1) is 44.8. The Morgan fingerprint density at radius 3 is 2.39 bits per heavy atom. The van der Waals surface area contributed by atoms with Crippen molar-refractivity contribution >= 4 is 41.3 Å². The standard InChI is InChI=1S/C40H49F5N8O8/c1-22-14-32-38(58)60-21-30(36(56)52-13-5-7-31(52)37(57)51-12-4-3-6-27(51)19-46-23(2)35(55)53(32)20-22)49-34(54)29(16-24-15-25(41)18-47-33(42)17-24)50-39(59)48-26-8-10-28(11-9-26)61-40(43,44)45/h8-11,15,17-18,22-23,27,29-32,46-47H,3-7,12-14,16,19-21H2,1-2H3,(H,49,54)(H2,48,50,59)/t22-,23-,27-,29-,30-,31-,32-/m0/s1. The lowest BCUT2D eigenvalue weighted by Crippen LogP contribution is -2.60. The van der Waals surface area contributed by atoms with E-state index in [-0.39, 0.29) is 54.5 Å². The fraction of sp³-hybridized carbons (Fsp3) is 0.550. The van der Waals surface area contributed by atoms with E-state index in [9.17, 15) is 50.7 Å². The topological polar surface area (TPSA) is 191 Å². The van der Waals surface area contributed by atoms with Crippen LogP contribution in [0.2, 0.25) is 0 Å². The molecule has 5 heterocycles. The zero-order chi connectivity index (χ0) is 44.0. The number of nitrogens with one attached hydrogen (secondary N) is 5. The van der Waals surface area contributed by atoms with Crippen LogP contribution in [0.4, 0.5) is 32.4 Å². The second kappa shape index (κ2) is 19.3. The first-order valence-electron chi connectivity index (χ1n) is 20.2. The molecule has 0 aromatic heterocycles. The number of alkyl halides is 3. The molecule has 5 aliphatic rings. The maximum Gasteiger partial charge on any atom is 0.573 e. The molecule has 6 amide bonds. The lowest BCUT2D eigenvalue weighted by molar-refractivity contribution is -0.274. The van der Waals surface area contributed by atoms with Gasteiger partial charge in [-0.25, -0.2) is 14.0 Å². The third-order valence-corrected chi connectivity index (χ3v) is 11.2. The number of esters is 1. The van der Waals surface area contributed by atoms with Crippen LogP contribution in [0, 0.1) is 5.92 Å². The number of nitrogens with zero attached hydrogens (tertiary/aromatic N) is 3. The molecule has 4 saturated heterocycles. The van der Waals surface area contributed by atoms with Crippen LogP contribution in [0.25, 0.3) is 0 Å². The molecule has 5 aliphatic heterocycles. The van der Waals surface area contributed by atoms with E-state index >= 15 is 0 Å². The van der Waals surface area contributed by atoms with Gasteiger partial charge in [-0.1, -0.05) is 6.92 Å². The Labute approximate surface area is 348 Å². The van der Waals surface area contributed by atoms with Crippen molar-refractivity contribution in [2.75, 3.05) is 38.1 Å². The predicted molar refractivity (Wildman–Crippen MR) is 207 cm³/mol. The minimum absolute atomic E-state index is 0.0248. The zero-order valence-electron chi connectivity index (χ0n) is 33.6. The van der Waals surface area contributed by atoms with Crippen molar-refractivity contribution in [1.82, 2.24) is 36.0 Å². The number of rotatable bonds is 7. The Hall–Kier alpha value is -5.73. The Morgan fingerprint density at radius 2 is 1.66 bits per heavy atom. The van der Waals surface area contributed by atoms with Crippen LogP contribution in [0.1, 0.15) is 58.8 Å². The summed E-state index contributed by atoms with van der Waals surface area (Å²) in [6.45, 7) is 3.98. The molecule has 0 radical (unpaired) electrons. The maximum atomic E-state index is 14.5. The summed E-state index contributed by atoms with van der Waals surface area (Å²) in [7, 11) is 0. The molecule has 61 heavy (non-hydrogen) atoms. The highest BCUT2D eigenvalue weighted by Crippen LogP contribution is 2.29. The number of carbonyl (C=O) groups excluding carboxylic acids is 6. The van der Waals surface area contributed by atoms with Crippen LogP contribution in [-0.4, -0.2) is 126 Å². The van der Waals surface area contributed by atoms with E-state index in [1.807, 2.05) is 6.92 Å². The molecular formula is C40H49F5N8O8. The fourth-order valence-electron chi connectivity index (χ4n) is 8.28. The summed E-state index contributed by atoms with van der Waals surface area (Å²) in [4.78, 5) is 88.2. The summed E-state index contributed by atoms with van der Waals surface area (Å²) in [6, 6.07) is -3.21. The number of halogens is 5. The first-order chi connectivity index (χ1) is 28.9. The van der Waals surface area contributed by atoms with E-state index < -0.39 is 90.9 Å². The third-order valence-electron chi connectivity index (χ3n) is 11.2. The van der Waals surface area contributed by atoms with E-state index in [1.54, 1.807) is 11.8 Å². The van der Waals surface area contributed by atoms with Crippen LogP contribution in [0.5, 0.6) is 5.75 Å². The van der Waals surface area contributed by atoms with Crippen molar-refractivity contribution in [2.45, 2.75) is 101 Å². The van der Waals surface area contributed by atoms with Gasteiger partial charge in [0.25, 0.3) is 0 Å². The van der Waals surface area contributed by atoms with Gasteiger partial charge in [0, 0.05) is 50.5 Å². The number of hydrogen-bond acceptors (Lipinski definition) is 10. The van der Waals surface area contributed by atoms with Crippen molar-refractivity contribution in [1.29, 1.82) is 0 Å². The molecule has 332 valence electrons. The zero-order valence-corrected chi connectivity index (χ0v) is 33.6. The lowest BCUT2D eigenvalue weighted by Gasteiger charge is -2.40. The predicted octanol–water partition coefficient (Wildman–Crippen LogP) is 3.25. The van der Waals surface area contributed by atoms with E-state index in [0.717, 1.165) is 55.5 Å². The lowest BCUT2D eigenvalue weighted by atomic mass is 9.99. The first-order valence-corrected chi connectivity index (χ1v) is 20.2. The highest BCUT2D eigenvalue weighted by atomic mass is 19.4. The second-order valence-corrected chi connectivity index (χ2v) is 15.9. The summed E-state index contributed by atoms with van der Waals surface area (Å²) < 4.78 is 76.5. The van der Waals surface area contributed by atoms with E-state index in [2.05, 4.69) is 31.3 Å². The summed E-state index contributed by atoms with van der Waals surface area (Å²) >= 11 is 0. The summed E-state index contributed by atoms with van der Waals surface area (Å²) in [5.41, 5.74) is -0.144. The van der Waals surface area contributed by atoms with Crippen molar-refractivity contribution < 1.29 is 60.2 Å². The van der Waals surface area contributed by atoms with Gasteiger partial charge in [-0.15, -0.1) is 13.2 Å². The number of piperidine rings is 1. The van der Waals surface area contributed by atoms with Gasteiger partial charge in [0.05, 0.1) is 6.04 Å². The molecule has 0 spiro atoms. The Kier molecular flexibility index (Phi) is 14.2. The fourth-order valence-corrected chi connectivity index (χ4v) is 8.28. The molecule has 4 fully saturated rings. The molecule has 7 atom stereocenters. The number of benzene rings is 1. The molecule has 5 N–H and O–H groups in total. The van der Waals surface area contributed by atoms with Crippen LogP contribution in [0.3, 0.4) is 0 Å². The number of hydrogen-bond donors (Lipinski definition) is 5. The molecule has 0 unspecified atom stereocenters. The van der Waals surface area contributed by atoms with E-state index in [4.69, 9.17) is 4.74 Å². The van der Waals surface area contributed by atoms with Gasteiger partial charge >= 0.3 is 18.4 Å². The van der Waals surface area contributed by atoms with E-state index in [0.29, 0.717) is 32.4 Å². The van der Waals surface area contributed by atoms with Crippen LogP contribution in [-0.2, 0) is 28.7 Å². The average molecular weight is 865 g/mol. The SMILES string of the molecule is C[C@H]1C[C@H]2C(=O)OC[C@H](NC(=O)[C@H](CC3=CC(F)=CNC(F)=C3)NC(=O)Nc3ccc(OC(F)(F)F)cc3)C(=O)N3CCC[C@H]3C(=O)N3CCCC[C@H]3CN[C@@H](C)C(=O)N2C1. The maximum absolute atomic E-state index is 14.5. The van der Waals surface area contributed by atoms with Crippen LogP contribution < -0.4 is 31.3 Å². The third kappa shape index (κ3) is 11.6. The molecule has 21 heteroatoms. The van der Waals surface area contributed by atoms with Gasteiger partial charge in [0.15, 0.2) is 5.95 Å². The number of anilines is 1. The smallest absolute Gasteiger partial charge is 0.461 e. The normalized spacial score (nSPS) is 27.2. The molecule has 1 aromatic carbocycles. The van der Waals surface area contributed by atoms with Gasteiger partial charge in [-0.3, -0.25) is 19.2 Å². The highest BCUT2D eigenvalue weighted by Gasteiger charge is 2.45. The monoisotopic (exact) mass is 864 g/mol. The number of allylic oxidation sites excluding steroid dienone is 3. The van der Waals surface area contributed by atoms with Crippen molar-refractivity contribution in [2.24, 2.45) is 5.92 Å². The van der Waals surface area contributed by atoms with Crippen LogP contribution in [0.15, 0.2) is 60.0 Å². The molecule has 1 aromatic rings. The molecule has 0 bridgehead atoms. The van der Waals surface area contributed by atoms with Gasteiger partial charge < -0.3 is 50.8 Å². The Morgan fingerprint density at radius 1 is 0.918 bits per heavy atom. The van der Waals surface area contributed by atoms with Gasteiger partial charge in [-0.05, 0) is 93.4 Å². The largest absolute Gasteiger partial charge is 0.573 e. The second-order valence-electron chi connectivity index (χ2n) is 15.9. The number of ether oxygens (including phenoxy) is 2. The Balaban J connectivity index is 1.28. The quantitative estimate of drug-likeness (QED) is 0.155. The Bertz CT molecular complexity index is 1940. The molecule has 0 saturated carbocycles. The highest BCUT2D eigenvalue weighted by molar-refractivity contribution is 5.97. The van der Waals surface area contributed by atoms with Crippen LogP contribution >= 0.6 is 0 Å². The van der Waals surface area contributed by atoms with Gasteiger partial charge in [-0.2, -0.15) is 4.39 Å². The molecular weight excluding hydrogens is 815 g/mol. The summed E-state index contributed by atoms with van der Waals surface area (Å²) in [5.74, 6) is -5.85. The van der Waals surface area contributed by atoms with Gasteiger partial charge in [0.1, 0.15) is 42.4 Å². The van der Waals surface area contributed by atoms with Crippen molar-refractivity contribution in [3.05, 3.63) is 60.0 Å². The van der Waals surface area contributed by atoms with E-state index in [1.165, 1.54) is 9.80 Å². The summed E-state index contributed by atoms with van der Waals surface area (Å²) in [6.07, 6.45) is 0.290. The molecule has 0 aliphatic carbocycles. The molecule has 6 rings (SSSR count). The number of urea groups is 1.